The Balaban J connectivity index is 2.45. The highest BCUT2D eigenvalue weighted by molar-refractivity contribution is 9.11. The van der Waals surface area contributed by atoms with Crippen LogP contribution in [0.15, 0.2) is 28.9 Å². The first-order valence-electron chi connectivity index (χ1n) is 7.30. The highest BCUT2D eigenvalue weighted by atomic mass is 79.9. The Kier molecular flexibility index (Phi) is 10.2. The second kappa shape index (κ2) is 11.0. The van der Waals surface area contributed by atoms with Crippen LogP contribution in [0.5, 0.6) is 0 Å². The van der Waals surface area contributed by atoms with Gasteiger partial charge in [-0.2, -0.15) is 0 Å². The number of ether oxygens (including phenoxy) is 2. The highest BCUT2D eigenvalue weighted by Gasteiger charge is 2.37. The molecule has 22 heavy (non-hydrogen) atoms. The molecule has 1 N–H and O–H groups in total. The average molecular weight is 459 g/mol. The van der Waals surface area contributed by atoms with E-state index in [0.29, 0.717) is 6.42 Å². The molecule has 1 aliphatic heterocycles. The van der Waals surface area contributed by atoms with E-state index in [0.717, 1.165) is 12.8 Å². The Morgan fingerprint density at radius 1 is 1.55 bits per heavy atom. The van der Waals surface area contributed by atoms with Crippen molar-refractivity contribution < 1.29 is 14.6 Å². The Bertz CT molecular complexity index is 410. The van der Waals surface area contributed by atoms with Crippen LogP contribution < -0.4 is 0 Å². The van der Waals surface area contributed by atoms with Gasteiger partial charge in [-0.3, -0.25) is 0 Å². The van der Waals surface area contributed by atoms with Gasteiger partial charge in [0.2, 0.25) is 0 Å². The standard InChI is InChI=1S/C16H23Br2ClO3/c1-11(21-2)5-3-7-13(18)15-10-14(19)16(22-15)9-12(20)6-4-8-17/h3,5-6,8,11-16,20H,7,9-10H2,1-2H3/b5-3+/t4?,11-,12+,13-,14+,15-,16+/m0/s1. The maximum absolute atomic E-state index is 9.88. The minimum Gasteiger partial charge on any atom is -0.388 e. The molecule has 1 heterocycles. The summed E-state index contributed by atoms with van der Waals surface area (Å²) in [4.78, 5) is 1.78. The summed E-state index contributed by atoms with van der Waals surface area (Å²) >= 11 is 13.1. The maximum atomic E-state index is 9.88. The molecule has 0 bridgehead atoms. The number of halogens is 3. The summed E-state index contributed by atoms with van der Waals surface area (Å²) < 4.78 is 11.2. The van der Waals surface area contributed by atoms with Crippen molar-refractivity contribution in [3.05, 3.63) is 28.9 Å². The van der Waals surface area contributed by atoms with Gasteiger partial charge in [-0.15, -0.1) is 17.3 Å². The van der Waals surface area contributed by atoms with Crippen molar-refractivity contribution in [2.45, 2.75) is 60.8 Å². The quantitative estimate of drug-likeness (QED) is 0.335. The van der Waals surface area contributed by atoms with Crippen LogP contribution >= 0.6 is 43.5 Å². The lowest BCUT2D eigenvalue weighted by Gasteiger charge is -2.19. The number of hydrogen-bond donors (Lipinski definition) is 1. The summed E-state index contributed by atoms with van der Waals surface area (Å²) in [6.07, 6.45) is 7.24. The Morgan fingerprint density at radius 2 is 2.27 bits per heavy atom. The molecule has 0 aromatic heterocycles. The van der Waals surface area contributed by atoms with E-state index in [2.05, 4.69) is 43.7 Å². The molecule has 0 aliphatic carbocycles. The molecule has 0 amide bonds. The summed E-state index contributed by atoms with van der Waals surface area (Å²) in [5.74, 6) is 0. The molecular formula is C16H23Br2ClO3. The molecule has 1 rings (SSSR count). The van der Waals surface area contributed by atoms with E-state index in [9.17, 15) is 5.11 Å². The van der Waals surface area contributed by atoms with Gasteiger partial charge >= 0.3 is 0 Å². The molecule has 0 aromatic carbocycles. The second-order valence-electron chi connectivity index (χ2n) is 5.33. The molecule has 1 saturated heterocycles. The van der Waals surface area contributed by atoms with Gasteiger partial charge in [0.25, 0.3) is 0 Å². The minimum absolute atomic E-state index is 0.0536. The number of aliphatic hydroxyl groups is 1. The van der Waals surface area contributed by atoms with Crippen LogP contribution in [0.1, 0.15) is 26.2 Å². The first-order valence-corrected chi connectivity index (χ1v) is 9.57. The summed E-state index contributed by atoms with van der Waals surface area (Å²) in [6.45, 7) is 1.99. The smallest absolute Gasteiger partial charge is 0.0819 e. The van der Waals surface area contributed by atoms with Crippen molar-refractivity contribution in [2.24, 2.45) is 0 Å². The molecular weight excluding hydrogens is 435 g/mol. The van der Waals surface area contributed by atoms with Gasteiger partial charge < -0.3 is 14.6 Å². The number of hydrogen-bond acceptors (Lipinski definition) is 3. The molecule has 126 valence electrons. The number of rotatable bonds is 8. The molecule has 1 fully saturated rings. The van der Waals surface area contributed by atoms with E-state index in [4.69, 9.17) is 21.1 Å². The average Bonchev–Trinajstić information content (AvgIpc) is 2.86. The largest absolute Gasteiger partial charge is 0.388 e. The van der Waals surface area contributed by atoms with Crippen molar-refractivity contribution in [2.75, 3.05) is 7.11 Å². The zero-order valence-corrected chi connectivity index (χ0v) is 16.7. The van der Waals surface area contributed by atoms with Crippen molar-refractivity contribution >= 4 is 43.5 Å². The van der Waals surface area contributed by atoms with Crippen LogP contribution in [0, 0.1) is 0 Å². The second-order valence-corrected chi connectivity index (χ2v) is 7.53. The Labute approximate surface area is 154 Å². The fraction of sp³-hybridized carbons (Fsp3) is 0.688. The zero-order chi connectivity index (χ0) is 16.5. The predicted octanol–water partition coefficient (Wildman–Crippen LogP) is 4.31. The van der Waals surface area contributed by atoms with E-state index in [1.165, 1.54) is 0 Å². The first-order chi connectivity index (χ1) is 10.5. The molecule has 1 aliphatic rings. The summed E-state index contributed by atoms with van der Waals surface area (Å²) in [6, 6.07) is 0. The number of allylic oxidation sites excluding steroid dienone is 1. The van der Waals surface area contributed by atoms with E-state index in [1.54, 1.807) is 18.2 Å². The third-order valence-electron chi connectivity index (χ3n) is 3.58. The van der Waals surface area contributed by atoms with Crippen LogP contribution in [-0.4, -0.2) is 46.8 Å². The molecule has 0 unspecified atom stereocenters. The van der Waals surface area contributed by atoms with Crippen LogP contribution in [-0.2, 0) is 9.47 Å². The van der Waals surface area contributed by atoms with E-state index in [-0.39, 0.29) is 28.5 Å². The fourth-order valence-corrected chi connectivity index (χ4v) is 3.31. The van der Waals surface area contributed by atoms with Gasteiger partial charge in [-0.1, -0.05) is 44.0 Å². The lowest BCUT2D eigenvalue weighted by atomic mass is 10.1. The SMILES string of the molecule is CO[C@@H](C)/C=C/C[C@H](Br)[C@@H]1C[C@@H](Cl)[C@@H](C[C@H](O)C=C=CBr)O1. The Morgan fingerprint density at radius 3 is 2.91 bits per heavy atom. The van der Waals surface area contributed by atoms with Crippen LogP contribution in [0.25, 0.3) is 0 Å². The first kappa shape index (κ1) is 20.4. The van der Waals surface area contributed by atoms with Crippen LogP contribution in [0.3, 0.4) is 0 Å². The fourth-order valence-electron chi connectivity index (χ4n) is 2.26. The van der Waals surface area contributed by atoms with Gasteiger partial charge in [-0.25, -0.2) is 0 Å². The van der Waals surface area contributed by atoms with Gasteiger partial charge in [-0.05, 0) is 25.8 Å². The predicted molar refractivity (Wildman–Crippen MR) is 98.1 cm³/mol. The molecule has 6 heteroatoms. The summed E-state index contributed by atoms with van der Waals surface area (Å²) in [7, 11) is 1.69. The van der Waals surface area contributed by atoms with Crippen LogP contribution in [0.2, 0.25) is 0 Å². The van der Waals surface area contributed by atoms with Gasteiger partial charge in [0.05, 0.1) is 29.8 Å². The van der Waals surface area contributed by atoms with E-state index in [1.807, 2.05) is 13.0 Å². The Hall–Kier alpha value is 0.390. The molecule has 3 nitrogen and oxygen atoms in total. The van der Waals surface area contributed by atoms with E-state index >= 15 is 0 Å². The number of methoxy groups -OCH3 is 1. The van der Waals surface area contributed by atoms with Gasteiger partial charge in [0.15, 0.2) is 0 Å². The van der Waals surface area contributed by atoms with Gasteiger partial charge in [0.1, 0.15) is 0 Å². The van der Waals surface area contributed by atoms with Crippen molar-refractivity contribution in [1.82, 2.24) is 0 Å². The van der Waals surface area contributed by atoms with Crippen molar-refractivity contribution in [3.8, 4) is 0 Å². The molecule has 0 saturated carbocycles. The van der Waals surface area contributed by atoms with Gasteiger partial charge in [0, 0.05) is 23.3 Å². The normalized spacial score (nSPS) is 29.1. The monoisotopic (exact) mass is 456 g/mol. The van der Waals surface area contributed by atoms with Crippen LogP contribution in [0.4, 0.5) is 0 Å². The molecule has 0 radical (unpaired) electrons. The minimum atomic E-state index is -0.602. The van der Waals surface area contributed by atoms with Crippen molar-refractivity contribution in [1.29, 1.82) is 0 Å². The highest BCUT2D eigenvalue weighted by Crippen LogP contribution is 2.33. The third-order valence-corrected chi connectivity index (χ3v) is 5.27. The summed E-state index contributed by atoms with van der Waals surface area (Å²) in [5, 5.41) is 9.80. The number of aliphatic hydroxyl groups excluding tert-OH is 1. The topological polar surface area (TPSA) is 38.7 Å². The third kappa shape index (κ3) is 7.31. The molecule has 6 atom stereocenters. The van der Waals surface area contributed by atoms with Crippen molar-refractivity contribution in [3.63, 3.8) is 0 Å². The van der Waals surface area contributed by atoms with E-state index < -0.39 is 6.10 Å². The summed E-state index contributed by atoms with van der Waals surface area (Å²) in [5.41, 5.74) is 2.80. The maximum Gasteiger partial charge on any atom is 0.0819 e. The lowest BCUT2D eigenvalue weighted by Crippen LogP contribution is -2.24. The number of alkyl halides is 2. The molecule has 0 spiro atoms. The lowest BCUT2D eigenvalue weighted by molar-refractivity contribution is 0.0222. The molecule has 0 aromatic rings. The zero-order valence-electron chi connectivity index (χ0n) is 12.8.